The molecule has 0 spiro atoms. The minimum Gasteiger partial charge on any atom is -0.353 e. The van der Waals surface area contributed by atoms with Crippen molar-refractivity contribution < 1.29 is 0 Å². The van der Waals surface area contributed by atoms with E-state index in [0.717, 1.165) is 29.9 Å². The van der Waals surface area contributed by atoms with Crippen molar-refractivity contribution in [1.82, 2.24) is 10.7 Å². The Bertz CT molecular complexity index is 1290. The summed E-state index contributed by atoms with van der Waals surface area (Å²) in [6.45, 7) is 1.60. The van der Waals surface area contributed by atoms with E-state index in [2.05, 4.69) is 130 Å². The zero-order valence-electron chi connectivity index (χ0n) is 20.4. The lowest BCUT2D eigenvalue weighted by atomic mass is 10.0. The van der Waals surface area contributed by atoms with Gasteiger partial charge in [-0.05, 0) is 45.5 Å². The highest BCUT2D eigenvalue weighted by atomic mass is 79.9. The minimum absolute atomic E-state index is 0. The number of hydrogen-bond acceptors (Lipinski definition) is 4. The Morgan fingerprint density at radius 1 is 0.649 bits per heavy atom. The van der Waals surface area contributed by atoms with Crippen molar-refractivity contribution in [2.24, 2.45) is 10.1 Å². The molecule has 4 nitrogen and oxygen atoms in total. The van der Waals surface area contributed by atoms with Crippen molar-refractivity contribution in [3.05, 3.63) is 132 Å². The highest BCUT2D eigenvalue weighted by Crippen LogP contribution is 2.21. The number of guanidine groups is 1. The lowest BCUT2D eigenvalue weighted by molar-refractivity contribution is 0.918. The second-order valence-electron chi connectivity index (χ2n) is 8.45. The van der Waals surface area contributed by atoms with Gasteiger partial charge in [0.15, 0.2) is 0 Å². The molecule has 4 aromatic carbocycles. The smallest absolute Gasteiger partial charge is 0.212 e. The largest absolute Gasteiger partial charge is 0.353 e. The first-order chi connectivity index (χ1) is 17.8. The molecule has 0 saturated heterocycles. The first kappa shape index (κ1) is 25.9. The van der Waals surface area contributed by atoms with Gasteiger partial charge in [0, 0.05) is 6.54 Å². The van der Waals surface area contributed by atoms with Crippen molar-refractivity contribution in [3.8, 4) is 22.3 Å². The number of benzene rings is 4. The Labute approximate surface area is 229 Å². The van der Waals surface area contributed by atoms with E-state index in [9.17, 15) is 0 Å². The van der Waals surface area contributed by atoms with Crippen LogP contribution in [-0.4, -0.2) is 24.8 Å². The molecule has 0 unspecified atom stereocenters. The lowest BCUT2D eigenvalue weighted by Crippen LogP contribution is -2.30. The first-order valence-corrected chi connectivity index (χ1v) is 12.1. The molecule has 0 atom stereocenters. The van der Waals surface area contributed by atoms with Crippen molar-refractivity contribution in [2.75, 3.05) is 13.1 Å². The summed E-state index contributed by atoms with van der Waals surface area (Å²) in [4.78, 5) is 4.36. The van der Waals surface area contributed by atoms with Gasteiger partial charge >= 0.3 is 0 Å². The van der Waals surface area contributed by atoms with E-state index < -0.39 is 0 Å². The number of hydrogen-bond donors (Lipinski definition) is 2. The topological polar surface area (TPSA) is 48.8 Å². The van der Waals surface area contributed by atoms with Gasteiger partial charge in [-0.3, -0.25) is 0 Å². The molecule has 37 heavy (non-hydrogen) atoms. The van der Waals surface area contributed by atoms with Crippen LogP contribution >= 0.6 is 17.0 Å². The highest BCUT2D eigenvalue weighted by molar-refractivity contribution is 8.93. The monoisotopic (exact) mass is 548 g/mol. The highest BCUT2D eigenvalue weighted by Gasteiger charge is 2.03. The molecule has 1 aliphatic heterocycles. The van der Waals surface area contributed by atoms with Crippen LogP contribution in [0.25, 0.3) is 34.4 Å². The van der Waals surface area contributed by atoms with Gasteiger partial charge in [-0.1, -0.05) is 121 Å². The van der Waals surface area contributed by atoms with E-state index in [-0.39, 0.29) is 17.0 Å². The summed E-state index contributed by atoms with van der Waals surface area (Å²) in [5.41, 5.74) is 10.9. The molecule has 0 aliphatic carbocycles. The van der Waals surface area contributed by atoms with Crippen molar-refractivity contribution in [2.45, 2.75) is 0 Å². The summed E-state index contributed by atoms with van der Waals surface area (Å²) in [7, 11) is 0. The average Bonchev–Trinajstić information content (AvgIpc) is 3.48. The molecule has 0 amide bonds. The third kappa shape index (κ3) is 7.38. The van der Waals surface area contributed by atoms with Gasteiger partial charge in [0.05, 0.1) is 12.3 Å². The average molecular weight is 550 g/mol. The van der Waals surface area contributed by atoms with Gasteiger partial charge in [-0.25, -0.2) is 10.4 Å². The maximum absolute atomic E-state index is 4.57. The maximum Gasteiger partial charge on any atom is 0.212 e. The normalized spacial score (nSPS) is 12.6. The quantitative estimate of drug-likeness (QED) is 0.189. The molecule has 0 saturated carbocycles. The molecule has 0 aromatic heterocycles. The molecule has 4 aromatic rings. The van der Waals surface area contributed by atoms with Crippen LogP contribution in [0.15, 0.2) is 131 Å². The Kier molecular flexibility index (Phi) is 9.22. The SMILES string of the molecule is Br.C(=C\c1ccc(-c2ccccc2)cc1)/C(/C=C/c1ccc(-c2ccccc2)cc1)=NNC1=NCCN1. The maximum atomic E-state index is 4.57. The van der Waals surface area contributed by atoms with Gasteiger partial charge in [0.1, 0.15) is 0 Å². The molecular weight excluding hydrogens is 520 g/mol. The Balaban J connectivity index is 0.00000320. The zero-order valence-corrected chi connectivity index (χ0v) is 22.1. The van der Waals surface area contributed by atoms with Gasteiger partial charge in [0.2, 0.25) is 5.96 Å². The van der Waals surface area contributed by atoms with E-state index in [0.29, 0.717) is 5.96 Å². The van der Waals surface area contributed by atoms with Crippen LogP contribution < -0.4 is 10.7 Å². The van der Waals surface area contributed by atoms with Crippen LogP contribution in [0.1, 0.15) is 11.1 Å². The molecule has 0 radical (unpaired) electrons. The van der Waals surface area contributed by atoms with Crippen LogP contribution in [0.3, 0.4) is 0 Å². The predicted molar refractivity (Wildman–Crippen MR) is 163 cm³/mol. The van der Waals surface area contributed by atoms with Gasteiger partial charge in [0.25, 0.3) is 0 Å². The Hall–Kier alpha value is -4.22. The van der Waals surface area contributed by atoms with Gasteiger partial charge in [-0.2, -0.15) is 5.10 Å². The number of hydrazone groups is 1. The van der Waals surface area contributed by atoms with Crippen LogP contribution in [0.2, 0.25) is 0 Å². The second kappa shape index (κ2) is 13.2. The van der Waals surface area contributed by atoms with E-state index in [1.165, 1.54) is 22.3 Å². The summed E-state index contributed by atoms with van der Waals surface area (Å²) in [6.07, 6.45) is 8.16. The molecule has 0 bridgehead atoms. The fourth-order valence-corrected chi connectivity index (χ4v) is 3.92. The fourth-order valence-electron chi connectivity index (χ4n) is 3.92. The van der Waals surface area contributed by atoms with E-state index in [1.54, 1.807) is 0 Å². The van der Waals surface area contributed by atoms with Crippen LogP contribution in [0, 0.1) is 0 Å². The predicted octanol–water partition coefficient (Wildman–Crippen LogP) is 7.23. The van der Waals surface area contributed by atoms with Crippen molar-refractivity contribution in [1.29, 1.82) is 0 Å². The molecule has 1 heterocycles. The van der Waals surface area contributed by atoms with Crippen molar-refractivity contribution >= 4 is 40.8 Å². The third-order valence-electron chi connectivity index (χ3n) is 5.89. The van der Waals surface area contributed by atoms with Crippen LogP contribution in [0.5, 0.6) is 0 Å². The fraction of sp³-hybridized carbons (Fsp3) is 0.0625. The molecule has 2 N–H and O–H groups in total. The van der Waals surface area contributed by atoms with Crippen molar-refractivity contribution in [3.63, 3.8) is 0 Å². The summed E-state index contributed by atoms with van der Waals surface area (Å²) >= 11 is 0. The first-order valence-electron chi connectivity index (χ1n) is 12.1. The Morgan fingerprint density at radius 2 is 1.11 bits per heavy atom. The summed E-state index contributed by atoms with van der Waals surface area (Å²) in [5, 5.41) is 7.75. The van der Waals surface area contributed by atoms with E-state index >= 15 is 0 Å². The number of halogens is 1. The molecular formula is C32H29BrN4. The molecule has 5 rings (SSSR count). The standard InChI is InChI=1S/C32H28N4.BrH/c1-3-7-27(8-4-1)29-17-11-25(12-18-29)15-21-31(35-36-32-33-23-24-34-32)22-16-26-13-19-30(20-14-26)28-9-5-2-6-10-28;/h1-22H,23-24H2,(H2,33,34,36);1H/b21-15+,22-16+;. The summed E-state index contributed by atoms with van der Waals surface area (Å²) in [5.74, 6) is 0.703. The number of rotatable bonds is 7. The van der Waals surface area contributed by atoms with Crippen LogP contribution in [-0.2, 0) is 0 Å². The number of nitrogens with zero attached hydrogens (tertiary/aromatic N) is 2. The van der Waals surface area contributed by atoms with E-state index in [4.69, 9.17) is 0 Å². The number of aliphatic imine (C=N–C) groups is 1. The van der Waals surface area contributed by atoms with Gasteiger partial charge in [-0.15, -0.1) is 17.0 Å². The zero-order chi connectivity index (χ0) is 24.4. The number of nitrogens with one attached hydrogen (secondary N) is 2. The Morgan fingerprint density at radius 3 is 1.54 bits per heavy atom. The van der Waals surface area contributed by atoms with E-state index in [1.807, 2.05) is 24.3 Å². The molecule has 0 fully saturated rings. The molecule has 184 valence electrons. The summed E-state index contributed by atoms with van der Waals surface area (Å²) < 4.78 is 0. The minimum atomic E-state index is 0. The molecule has 1 aliphatic rings. The van der Waals surface area contributed by atoms with Gasteiger partial charge < -0.3 is 5.32 Å². The number of allylic oxidation sites excluding steroid dienone is 2. The second-order valence-corrected chi connectivity index (χ2v) is 8.45. The van der Waals surface area contributed by atoms with Crippen LogP contribution in [0.4, 0.5) is 0 Å². The summed E-state index contributed by atoms with van der Waals surface area (Å²) in [6, 6.07) is 37.9. The lowest BCUT2D eigenvalue weighted by Gasteiger charge is -2.03. The molecule has 5 heteroatoms. The third-order valence-corrected chi connectivity index (χ3v) is 5.89.